The molecule has 21 heavy (non-hydrogen) atoms. The Morgan fingerprint density at radius 3 is 2.90 bits per heavy atom. The summed E-state index contributed by atoms with van der Waals surface area (Å²) in [6.45, 7) is 2.61. The van der Waals surface area contributed by atoms with Crippen LogP contribution in [0.5, 0.6) is 0 Å². The van der Waals surface area contributed by atoms with Crippen molar-refractivity contribution in [2.75, 3.05) is 17.7 Å². The van der Waals surface area contributed by atoms with Crippen LogP contribution in [-0.4, -0.2) is 26.4 Å². The Hall–Kier alpha value is -2.34. The van der Waals surface area contributed by atoms with Crippen molar-refractivity contribution in [1.82, 2.24) is 19.4 Å². The molecule has 0 saturated heterocycles. The van der Waals surface area contributed by atoms with E-state index in [-0.39, 0.29) is 0 Å². The molecule has 6 nitrogen and oxygen atoms in total. The van der Waals surface area contributed by atoms with Gasteiger partial charge in [-0.2, -0.15) is 0 Å². The first-order valence-electron chi connectivity index (χ1n) is 6.55. The highest BCUT2D eigenvalue weighted by Crippen LogP contribution is 2.25. The smallest absolute Gasteiger partial charge is 0.157 e. The number of aromatic nitrogens is 4. The van der Waals surface area contributed by atoms with Gasteiger partial charge in [0.05, 0.1) is 12.2 Å². The number of aryl methyl sites for hydroxylation is 1. The zero-order chi connectivity index (χ0) is 14.8. The number of pyridine rings is 1. The van der Waals surface area contributed by atoms with E-state index < -0.39 is 0 Å². The van der Waals surface area contributed by atoms with E-state index in [1.807, 2.05) is 18.3 Å². The van der Waals surface area contributed by atoms with Crippen molar-refractivity contribution in [2.24, 2.45) is 0 Å². The second-order valence-electron chi connectivity index (χ2n) is 4.62. The van der Waals surface area contributed by atoms with Crippen molar-refractivity contribution in [2.45, 2.75) is 13.5 Å². The Balaban J connectivity index is 1.84. The highest BCUT2D eigenvalue weighted by Gasteiger charge is 2.09. The number of rotatable bonds is 4. The topological polar surface area (TPSA) is 67.1 Å². The van der Waals surface area contributed by atoms with Gasteiger partial charge >= 0.3 is 0 Å². The van der Waals surface area contributed by atoms with Gasteiger partial charge in [-0.1, -0.05) is 17.7 Å². The number of nitrogens with one attached hydrogen (secondary N) is 2. The van der Waals surface area contributed by atoms with Gasteiger partial charge in [0.25, 0.3) is 0 Å². The quantitative estimate of drug-likeness (QED) is 0.725. The average molecular weight is 303 g/mol. The number of nitrogens with zero attached hydrogens (tertiary/aromatic N) is 4. The number of hydrogen-bond donors (Lipinski definition) is 2. The van der Waals surface area contributed by atoms with Gasteiger partial charge in [-0.15, -0.1) is 0 Å². The molecule has 0 aliphatic heterocycles. The van der Waals surface area contributed by atoms with Gasteiger partial charge in [-0.3, -0.25) is 0 Å². The van der Waals surface area contributed by atoms with E-state index in [9.17, 15) is 0 Å². The van der Waals surface area contributed by atoms with Crippen molar-refractivity contribution in [3.8, 4) is 0 Å². The minimum atomic E-state index is 0.390. The van der Waals surface area contributed by atoms with Crippen LogP contribution in [0.3, 0.4) is 0 Å². The van der Waals surface area contributed by atoms with Gasteiger partial charge in [-0.05, 0) is 19.1 Å². The van der Waals surface area contributed by atoms with Gasteiger partial charge in [0.1, 0.15) is 17.7 Å². The molecular weight excluding hydrogens is 288 g/mol. The minimum Gasteiger partial charge on any atom is -0.383 e. The fourth-order valence-corrected chi connectivity index (χ4v) is 2.41. The van der Waals surface area contributed by atoms with E-state index >= 15 is 0 Å². The largest absolute Gasteiger partial charge is 0.383 e. The zero-order valence-corrected chi connectivity index (χ0v) is 12.5. The van der Waals surface area contributed by atoms with Crippen molar-refractivity contribution in [1.29, 1.82) is 0 Å². The van der Waals surface area contributed by atoms with E-state index in [1.165, 1.54) is 6.33 Å². The second kappa shape index (κ2) is 5.57. The third-order valence-corrected chi connectivity index (χ3v) is 3.52. The lowest BCUT2D eigenvalue weighted by molar-refractivity contribution is 1.04. The van der Waals surface area contributed by atoms with E-state index in [4.69, 9.17) is 11.6 Å². The summed E-state index contributed by atoms with van der Waals surface area (Å²) in [5.74, 6) is 0.659. The number of halogens is 1. The Kier molecular flexibility index (Phi) is 3.62. The monoisotopic (exact) mass is 302 g/mol. The maximum atomic E-state index is 6.02. The summed E-state index contributed by atoms with van der Waals surface area (Å²) in [4.78, 5) is 12.7. The molecule has 3 rings (SSSR count). The molecule has 0 atom stereocenters. The first kappa shape index (κ1) is 13.6. The first-order chi connectivity index (χ1) is 10.2. The Morgan fingerprint density at radius 2 is 2.14 bits per heavy atom. The van der Waals surface area contributed by atoms with Crippen molar-refractivity contribution < 1.29 is 0 Å². The molecule has 3 aromatic heterocycles. The zero-order valence-electron chi connectivity index (χ0n) is 11.8. The first-order valence-corrected chi connectivity index (χ1v) is 6.92. The molecule has 0 saturated carbocycles. The lowest BCUT2D eigenvalue weighted by Crippen LogP contribution is -2.06. The molecule has 0 unspecified atom stereocenters. The lowest BCUT2D eigenvalue weighted by atomic mass is 10.4. The molecule has 3 heterocycles. The highest BCUT2D eigenvalue weighted by atomic mass is 35.5. The predicted molar refractivity (Wildman–Crippen MR) is 83.8 cm³/mol. The van der Waals surface area contributed by atoms with Crippen LogP contribution in [0, 0.1) is 6.92 Å². The van der Waals surface area contributed by atoms with E-state index in [0.29, 0.717) is 23.2 Å². The summed E-state index contributed by atoms with van der Waals surface area (Å²) in [7, 11) is 1.78. The van der Waals surface area contributed by atoms with Crippen molar-refractivity contribution in [3.05, 3.63) is 47.3 Å². The van der Waals surface area contributed by atoms with Gasteiger partial charge in [0, 0.05) is 18.9 Å². The van der Waals surface area contributed by atoms with E-state index in [1.54, 1.807) is 7.05 Å². The van der Waals surface area contributed by atoms with Crippen molar-refractivity contribution >= 4 is 28.8 Å². The standard InChI is InChI=1S/C14H15ClN6/c1-9-4-3-5-11-20-10(7-21(9)11)6-17-14-12(16-2)13(15)18-8-19-14/h3-5,7-8,16H,6H2,1-2H3,(H,17,18,19). The third kappa shape index (κ3) is 2.62. The van der Waals surface area contributed by atoms with E-state index in [2.05, 4.69) is 43.0 Å². The normalized spacial score (nSPS) is 10.8. The fourth-order valence-electron chi connectivity index (χ4n) is 2.18. The molecular formula is C14H15ClN6. The Morgan fingerprint density at radius 1 is 1.29 bits per heavy atom. The maximum Gasteiger partial charge on any atom is 0.157 e. The van der Waals surface area contributed by atoms with Crippen LogP contribution in [0.4, 0.5) is 11.5 Å². The summed E-state index contributed by atoms with van der Waals surface area (Å²) in [6.07, 6.45) is 3.44. The Labute approximate surface area is 127 Å². The maximum absolute atomic E-state index is 6.02. The lowest BCUT2D eigenvalue weighted by Gasteiger charge is -2.09. The van der Waals surface area contributed by atoms with Crippen LogP contribution in [-0.2, 0) is 6.54 Å². The SMILES string of the molecule is CNc1c(Cl)ncnc1NCc1cn2c(C)cccc2n1. The summed E-state index contributed by atoms with van der Waals surface area (Å²) in [5, 5.41) is 6.61. The minimum absolute atomic E-state index is 0.390. The summed E-state index contributed by atoms with van der Waals surface area (Å²) in [5.41, 5.74) is 3.69. The molecule has 0 amide bonds. The molecule has 0 aromatic carbocycles. The van der Waals surface area contributed by atoms with Gasteiger partial charge in [-0.25, -0.2) is 15.0 Å². The molecule has 0 radical (unpaired) electrons. The van der Waals surface area contributed by atoms with Crippen LogP contribution in [0.1, 0.15) is 11.4 Å². The molecule has 0 aliphatic carbocycles. The summed E-state index contributed by atoms with van der Waals surface area (Å²) in [6, 6.07) is 6.03. The molecule has 0 fully saturated rings. The number of imidazole rings is 1. The molecule has 3 aromatic rings. The molecule has 108 valence electrons. The van der Waals surface area contributed by atoms with Crippen LogP contribution in [0.2, 0.25) is 5.15 Å². The molecule has 0 bridgehead atoms. The van der Waals surface area contributed by atoms with Gasteiger partial charge < -0.3 is 15.0 Å². The average Bonchev–Trinajstić information content (AvgIpc) is 2.90. The second-order valence-corrected chi connectivity index (χ2v) is 4.98. The molecule has 0 aliphatic rings. The molecule has 2 N–H and O–H groups in total. The summed E-state index contributed by atoms with van der Waals surface area (Å²) < 4.78 is 2.06. The number of fused-ring (bicyclic) bond motifs is 1. The summed E-state index contributed by atoms with van der Waals surface area (Å²) >= 11 is 6.02. The third-order valence-electron chi connectivity index (χ3n) is 3.23. The predicted octanol–water partition coefficient (Wildman–Crippen LogP) is 2.74. The van der Waals surface area contributed by atoms with Crippen LogP contribution >= 0.6 is 11.6 Å². The van der Waals surface area contributed by atoms with Gasteiger partial charge in [0.15, 0.2) is 11.0 Å². The number of anilines is 2. The van der Waals surface area contributed by atoms with Gasteiger partial charge in [0.2, 0.25) is 0 Å². The molecule has 0 spiro atoms. The van der Waals surface area contributed by atoms with Crippen LogP contribution in [0.15, 0.2) is 30.7 Å². The van der Waals surface area contributed by atoms with Crippen LogP contribution in [0.25, 0.3) is 5.65 Å². The Bertz CT molecular complexity index is 782. The van der Waals surface area contributed by atoms with Crippen molar-refractivity contribution in [3.63, 3.8) is 0 Å². The highest BCUT2D eigenvalue weighted by molar-refractivity contribution is 6.32. The molecule has 7 heteroatoms. The van der Waals surface area contributed by atoms with Crippen LogP contribution < -0.4 is 10.6 Å². The van der Waals surface area contributed by atoms with E-state index in [0.717, 1.165) is 17.0 Å². The number of hydrogen-bond acceptors (Lipinski definition) is 5. The fraction of sp³-hybridized carbons (Fsp3) is 0.214.